The van der Waals surface area contributed by atoms with Gasteiger partial charge in [0.1, 0.15) is 6.10 Å². The van der Waals surface area contributed by atoms with Gasteiger partial charge in [-0.3, -0.25) is 0 Å². The second kappa shape index (κ2) is 5.63. The number of alkyl halides is 1. The van der Waals surface area contributed by atoms with Gasteiger partial charge in [-0.05, 0) is 24.6 Å². The van der Waals surface area contributed by atoms with Crippen molar-refractivity contribution < 1.29 is 14.3 Å². The Morgan fingerprint density at radius 3 is 2.20 bits per heavy atom. The summed E-state index contributed by atoms with van der Waals surface area (Å²) in [5.41, 5.74) is 0. The molecule has 1 atom stereocenters. The topological polar surface area (TPSA) is 46.5 Å². The van der Waals surface area contributed by atoms with Crippen LogP contribution in [0.25, 0.3) is 0 Å². The van der Waals surface area contributed by atoms with Crippen molar-refractivity contribution in [3.8, 4) is 0 Å². The molecule has 15 heavy (non-hydrogen) atoms. The van der Waals surface area contributed by atoms with Crippen LogP contribution in [-0.2, 0) is 9.22 Å². The molecule has 5 heteroatoms. The van der Waals surface area contributed by atoms with Crippen LogP contribution in [0.4, 0.5) is 0 Å². The smallest absolute Gasteiger partial charge is 0.331 e. The molecule has 0 aliphatic rings. The first-order valence-electron chi connectivity index (χ1n) is 5.08. The maximum absolute atomic E-state index is 11.0. The Hall–Kier alpha value is 0.377. The molecule has 0 heterocycles. The van der Waals surface area contributed by atoms with Gasteiger partial charge in [-0.15, -0.1) is 0 Å². The van der Waals surface area contributed by atoms with Crippen molar-refractivity contribution in [1.29, 1.82) is 0 Å². The zero-order valence-electron chi connectivity index (χ0n) is 10.1. The average molecular weight is 344 g/mol. The lowest BCUT2D eigenvalue weighted by molar-refractivity contribution is -0.145. The molecule has 0 radical (unpaired) electrons. The molecule has 1 unspecified atom stereocenters. The van der Waals surface area contributed by atoms with E-state index < -0.39 is 20.4 Å². The third kappa shape index (κ3) is 4.82. The Bertz CT molecular complexity index is 223. The third-order valence-corrected chi connectivity index (χ3v) is 8.00. The predicted molar refractivity (Wildman–Crippen MR) is 73.2 cm³/mol. The first-order valence-corrected chi connectivity index (χ1v) is 9.52. The van der Waals surface area contributed by atoms with Crippen LogP contribution in [0.1, 0.15) is 27.2 Å². The lowest BCUT2D eigenvalue weighted by Gasteiger charge is -2.38. The highest BCUT2D eigenvalue weighted by Gasteiger charge is 2.40. The summed E-state index contributed by atoms with van der Waals surface area (Å²) in [6, 6.07) is 0. The summed E-state index contributed by atoms with van der Waals surface area (Å²) in [5, 5.41) is 9.09. The number of carboxylic acid groups (broad SMARTS) is 1. The van der Waals surface area contributed by atoms with Crippen LogP contribution in [0.2, 0.25) is 18.1 Å². The normalized spacial score (nSPS) is 15.1. The molecule has 0 aromatic rings. The van der Waals surface area contributed by atoms with E-state index in [1.807, 2.05) is 0 Å². The van der Waals surface area contributed by atoms with Crippen LogP contribution in [0.3, 0.4) is 0 Å². The van der Waals surface area contributed by atoms with Gasteiger partial charge in [0.25, 0.3) is 0 Å². The van der Waals surface area contributed by atoms with E-state index in [9.17, 15) is 4.79 Å². The van der Waals surface area contributed by atoms with E-state index >= 15 is 0 Å². The third-order valence-electron chi connectivity index (χ3n) is 2.89. The molecule has 3 nitrogen and oxygen atoms in total. The standard InChI is InChI=1S/C10H21IO3Si/c1-10(2,3)15(4,5)14-8(6-7-11)9(12)13/h8H,6-7H2,1-5H3,(H,12,13). The summed E-state index contributed by atoms with van der Waals surface area (Å²) in [4.78, 5) is 11.0. The minimum absolute atomic E-state index is 0.0615. The summed E-state index contributed by atoms with van der Waals surface area (Å²) in [5.74, 6) is -0.837. The summed E-state index contributed by atoms with van der Waals surface area (Å²) >= 11 is 2.18. The van der Waals surface area contributed by atoms with Gasteiger partial charge in [0, 0.05) is 4.43 Å². The minimum atomic E-state index is -1.95. The maximum atomic E-state index is 11.0. The summed E-state index contributed by atoms with van der Waals surface area (Å²) < 4.78 is 6.65. The molecule has 0 saturated carbocycles. The van der Waals surface area contributed by atoms with E-state index in [1.165, 1.54) is 0 Å². The van der Waals surface area contributed by atoms with E-state index in [-0.39, 0.29) is 5.04 Å². The van der Waals surface area contributed by atoms with E-state index in [2.05, 4.69) is 56.5 Å². The van der Waals surface area contributed by atoms with Gasteiger partial charge in [-0.1, -0.05) is 43.4 Å². The van der Waals surface area contributed by atoms with E-state index in [1.54, 1.807) is 0 Å². The van der Waals surface area contributed by atoms with E-state index in [4.69, 9.17) is 9.53 Å². The molecule has 0 aromatic heterocycles. The first kappa shape index (κ1) is 15.4. The highest BCUT2D eigenvalue weighted by molar-refractivity contribution is 14.1. The van der Waals surface area contributed by atoms with Crippen LogP contribution in [0.15, 0.2) is 0 Å². The zero-order chi connectivity index (χ0) is 12.3. The van der Waals surface area contributed by atoms with E-state index in [0.29, 0.717) is 6.42 Å². The number of hydrogen-bond donors (Lipinski definition) is 1. The number of halogens is 1. The number of carboxylic acids is 1. The van der Waals surface area contributed by atoms with Gasteiger partial charge in [0.2, 0.25) is 0 Å². The number of rotatable bonds is 5. The molecule has 1 N–H and O–H groups in total. The highest BCUT2D eigenvalue weighted by Crippen LogP contribution is 2.37. The van der Waals surface area contributed by atoms with Gasteiger partial charge in [0.05, 0.1) is 0 Å². The Morgan fingerprint density at radius 1 is 1.47 bits per heavy atom. The Balaban J connectivity index is 4.59. The van der Waals surface area contributed by atoms with Crippen LogP contribution in [-0.4, -0.2) is 29.9 Å². The average Bonchev–Trinajstić information content (AvgIpc) is 2.00. The van der Waals surface area contributed by atoms with Crippen molar-refractivity contribution in [3.05, 3.63) is 0 Å². The quantitative estimate of drug-likeness (QED) is 0.473. The van der Waals surface area contributed by atoms with E-state index in [0.717, 1.165) is 4.43 Å². The molecule has 0 rings (SSSR count). The summed E-state index contributed by atoms with van der Waals surface area (Å²) in [6.45, 7) is 10.5. The molecule has 0 aromatic carbocycles. The predicted octanol–water partition coefficient (Wildman–Crippen LogP) is 3.29. The van der Waals surface area contributed by atoms with Gasteiger partial charge in [-0.25, -0.2) is 4.79 Å². The molecule has 0 bridgehead atoms. The largest absolute Gasteiger partial charge is 0.479 e. The van der Waals surface area contributed by atoms with Crippen molar-refractivity contribution in [1.82, 2.24) is 0 Å². The SMILES string of the molecule is CC(C)(C)[Si](C)(C)OC(CCI)C(=O)O. The van der Waals surface area contributed by atoms with Crippen molar-refractivity contribution in [3.63, 3.8) is 0 Å². The molecule has 0 amide bonds. The zero-order valence-corrected chi connectivity index (χ0v) is 13.3. The molecular formula is C10H21IO3Si. The van der Waals surface area contributed by atoms with Crippen molar-refractivity contribution >= 4 is 36.9 Å². The fraction of sp³-hybridized carbons (Fsp3) is 0.900. The van der Waals surface area contributed by atoms with Gasteiger partial charge in [-0.2, -0.15) is 0 Å². The number of aliphatic carboxylic acids is 1. The van der Waals surface area contributed by atoms with Crippen LogP contribution < -0.4 is 0 Å². The highest BCUT2D eigenvalue weighted by atomic mass is 127. The Morgan fingerprint density at radius 2 is 1.93 bits per heavy atom. The first-order chi connectivity index (χ1) is 6.62. The molecule has 0 spiro atoms. The van der Waals surface area contributed by atoms with Crippen LogP contribution >= 0.6 is 22.6 Å². The molecule has 0 fully saturated rings. The van der Waals surface area contributed by atoms with Crippen molar-refractivity contribution in [2.24, 2.45) is 0 Å². The summed E-state index contributed by atoms with van der Waals surface area (Å²) in [7, 11) is -1.95. The Kier molecular flexibility index (Phi) is 5.77. The fourth-order valence-corrected chi connectivity index (χ4v) is 2.71. The molecular weight excluding hydrogens is 323 g/mol. The van der Waals surface area contributed by atoms with Gasteiger partial charge < -0.3 is 9.53 Å². The molecule has 0 aliphatic carbocycles. The van der Waals surface area contributed by atoms with Crippen LogP contribution in [0, 0.1) is 0 Å². The number of carbonyl (C=O) groups is 1. The molecule has 90 valence electrons. The monoisotopic (exact) mass is 344 g/mol. The second-order valence-corrected chi connectivity index (χ2v) is 11.0. The van der Waals surface area contributed by atoms with Crippen molar-refractivity contribution in [2.45, 2.75) is 51.4 Å². The lowest BCUT2D eigenvalue weighted by atomic mass is 10.2. The maximum Gasteiger partial charge on any atom is 0.331 e. The lowest BCUT2D eigenvalue weighted by Crippen LogP contribution is -2.46. The van der Waals surface area contributed by atoms with Gasteiger partial charge >= 0.3 is 5.97 Å². The Labute approximate surface area is 107 Å². The van der Waals surface area contributed by atoms with Crippen LogP contribution in [0.5, 0.6) is 0 Å². The fourth-order valence-electron chi connectivity index (χ4n) is 0.864. The number of hydrogen-bond acceptors (Lipinski definition) is 2. The second-order valence-electron chi connectivity index (χ2n) is 5.18. The minimum Gasteiger partial charge on any atom is -0.479 e. The van der Waals surface area contributed by atoms with Crippen molar-refractivity contribution in [2.75, 3.05) is 4.43 Å². The van der Waals surface area contributed by atoms with Gasteiger partial charge in [0.15, 0.2) is 8.32 Å². The summed E-state index contributed by atoms with van der Waals surface area (Å²) in [6.07, 6.45) is -0.0506. The molecule has 0 saturated heterocycles. The molecule has 0 aliphatic heterocycles.